The zero-order valence-electron chi connectivity index (χ0n) is 11.2. The molecule has 1 aliphatic rings. The third-order valence-electron chi connectivity index (χ3n) is 3.55. The number of carbonyl (C=O) groups excluding carboxylic acids is 1. The summed E-state index contributed by atoms with van der Waals surface area (Å²) in [7, 11) is 0. The van der Waals surface area contributed by atoms with Crippen molar-refractivity contribution < 1.29 is 18.5 Å². The Morgan fingerprint density at radius 3 is 2.62 bits per heavy atom. The number of nitrogens with zero attached hydrogens (tertiary/aromatic N) is 2. The molecule has 1 fully saturated rings. The van der Waals surface area contributed by atoms with Crippen molar-refractivity contribution in [3.05, 3.63) is 39.4 Å². The van der Waals surface area contributed by atoms with Gasteiger partial charge in [-0.05, 0) is 18.4 Å². The van der Waals surface area contributed by atoms with Gasteiger partial charge >= 0.3 is 0 Å². The highest BCUT2D eigenvalue weighted by Gasteiger charge is 2.32. The van der Waals surface area contributed by atoms with E-state index in [1.165, 1.54) is 4.90 Å². The van der Waals surface area contributed by atoms with Crippen LogP contribution in [0.4, 0.5) is 14.5 Å². The zero-order chi connectivity index (χ0) is 15.7. The third-order valence-corrected chi connectivity index (χ3v) is 4.20. The molecule has 0 N–H and O–H groups in total. The molecule has 1 aromatic carbocycles. The lowest BCUT2D eigenvalue weighted by Gasteiger charge is -2.34. The van der Waals surface area contributed by atoms with E-state index in [4.69, 9.17) is 11.6 Å². The molecular weight excluding hydrogens is 306 g/mol. The van der Waals surface area contributed by atoms with E-state index in [0.29, 0.717) is 31.6 Å². The summed E-state index contributed by atoms with van der Waals surface area (Å²) in [6, 6.07) is 1.01. The second-order valence-corrected chi connectivity index (χ2v) is 5.63. The molecule has 1 amide bonds. The highest BCUT2D eigenvalue weighted by atomic mass is 35.5. The van der Waals surface area contributed by atoms with Gasteiger partial charge in [0.1, 0.15) is 5.56 Å². The molecule has 21 heavy (non-hydrogen) atoms. The summed E-state index contributed by atoms with van der Waals surface area (Å²) in [5, 5.41) is 10.8. The number of amides is 1. The molecule has 5 nitrogen and oxygen atoms in total. The number of piperidine rings is 1. The summed E-state index contributed by atoms with van der Waals surface area (Å²) < 4.78 is 26.4. The molecule has 2 rings (SSSR count). The number of hydrogen-bond donors (Lipinski definition) is 0. The van der Waals surface area contributed by atoms with Gasteiger partial charge in [-0.15, -0.1) is 11.6 Å². The molecule has 8 heteroatoms. The molecule has 0 aliphatic carbocycles. The standard InChI is InChI=1S/C13H13ClF2N2O3/c1-7-6-17(3-2-9(7)14)13(19)8-4-10(15)11(16)5-12(8)18(20)21/h4-5,7,9H,2-3,6H2,1H3. The molecule has 1 aromatic rings. The zero-order valence-corrected chi connectivity index (χ0v) is 11.9. The van der Waals surface area contributed by atoms with Crippen LogP contribution >= 0.6 is 11.6 Å². The number of rotatable bonds is 2. The first-order valence-corrected chi connectivity index (χ1v) is 6.81. The maximum atomic E-state index is 13.3. The molecule has 114 valence electrons. The Hall–Kier alpha value is -1.76. The topological polar surface area (TPSA) is 63.5 Å². The van der Waals surface area contributed by atoms with Crippen molar-refractivity contribution >= 4 is 23.2 Å². The summed E-state index contributed by atoms with van der Waals surface area (Å²) in [6.07, 6.45) is 0.548. The van der Waals surface area contributed by atoms with E-state index in [2.05, 4.69) is 0 Å². The minimum Gasteiger partial charge on any atom is -0.338 e. The van der Waals surface area contributed by atoms with Crippen LogP contribution < -0.4 is 0 Å². The number of nitro benzene ring substituents is 1. The van der Waals surface area contributed by atoms with Gasteiger partial charge in [0.2, 0.25) is 0 Å². The molecule has 0 saturated carbocycles. The second kappa shape index (κ2) is 5.93. The molecule has 0 aromatic heterocycles. The van der Waals surface area contributed by atoms with Crippen molar-refractivity contribution in [3.8, 4) is 0 Å². The van der Waals surface area contributed by atoms with Crippen LogP contribution in [-0.4, -0.2) is 34.2 Å². The summed E-state index contributed by atoms with van der Waals surface area (Å²) in [5.74, 6) is -3.31. The van der Waals surface area contributed by atoms with E-state index in [9.17, 15) is 23.7 Å². The average Bonchev–Trinajstić information content (AvgIpc) is 2.43. The Morgan fingerprint density at radius 2 is 2.05 bits per heavy atom. The molecule has 0 radical (unpaired) electrons. The Balaban J connectivity index is 2.35. The molecule has 2 unspecified atom stereocenters. The molecular formula is C13H13ClF2N2O3. The largest absolute Gasteiger partial charge is 0.338 e. The summed E-state index contributed by atoms with van der Waals surface area (Å²) >= 11 is 6.06. The third kappa shape index (κ3) is 3.12. The summed E-state index contributed by atoms with van der Waals surface area (Å²) in [5.41, 5.74) is -1.18. The van der Waals surface area contributed by atoms with Gasteiger partial charge in [-0.2, -0.15) is 0 Å². The highest BCUT2D eigenvalue weighted by Crippen LogP contribution is 2.27. The van der Waals surface area contributed by atoms with Crippen molar-refractivity contribution in [3.63, 3.8) is 0 Å². The number of alkyl halides is 1. The van der Waals surface area contributed by atoms with E-state index in [1.54, 1.807) is 0 Å². The van der Waals surface area contributed by atoms with Gasteiger partial charge in [0.25, 0.3) is 11.6 Å². The van der Waals surface area contributed by atoms with Gasteiger partial charge in [-0.25, -0.2) is 8.78 Å². The number of benzene rings is 1. The Kier molecular flexibility index (Phi) is 4.41. The van der Waals surface area contributed by atoms with Gasteiger partial charge in [0.15, 0.2) is 11.6 Å². The first-order chi connectivity index (χ1) is 9.81. The highest BCUT2D eigenvalue weighted by molar-refractivity contribution is 6.20. The van der Waals surface area contributed by atoms with E-state index >= 15 is 0 Å². The molecule has 0 spiro atoms. The van der Waals surface area contributed by atoms with Gasteiger partial charge in [-0.1, -0.05) is 6.92 Å². The number of hydrogen-bond acceptors (Lipinski definition) is 3. The first kappa shape index (κ1) is 15.6. The summed E-state index contributed by atoms with van der Waals surface area (Å²) in [6.45, 7) is 2.51. The van der Waals surface area contributed by atoms with Gasteiger partial charge in [-0.3, -0.25) is 14.9 Å². The molecule has 1 heterocycles. The Labute approximate surface area is 124 Å². The lowest BCUT2D eigenvalue weighted by Crippen LogP contribution is -2.43. The van der Waals surface area contributed by atoms with Crippen LogP contribution in [0.25, 0.3) is 0 Å². The average molecular weight is 319 g/mol. The summed E-state index contributed by atoms with van der Waals surface area (Å²) in [4.78, 5) is 23.7. The van der Waals surface area contributed by atoms with Crippen molar-refractivity contribution in [1.82, 2.24) is 4.90 Å². The lowest BCUT2D eigenvalue weighted by molar-refractivity contribution is -0.385. The Morgan fingerprint density at radius 1 is 1.43 bits per heavy atom. The fraction of sp³-hybridized carbons (Fsp3) is 0.462. The number of halogens is 3. The maximum absolute atomic E-state index is 13.3. The molecule has 0 bridgehead atoms. The van der Waals surface area contributed by atoms with Crippen LogP contribution in [0, 0.1) is 27.7 Å². The van der Waals surface area contributed by atoms with Crippen LogP contribution in [0.3, 0.4) is 0 Å². The molecule has 2 atom stereocenters. The van der Waals surface area contributed by atoms with Crippen LogP contribution in [-0.2, 0) is 0 Å². The van der Waals surface area contributed by atoms with Crippen molar-refractivity contribution in [2.75, 3.05) is 13.1 Å². The van der Waals surface area contributed by atoms with E-state index in [0.717, 1.165) is 0 Å². The fourth-order valence-electron chi connectivity index (χ4n) is 2.33. The maximum Gasteiger partial charge on any atom is 0.285 e. The first-order valence-electron chi connectivity index (χ1n) is 6.38. The van der Waals surface area contributed by atoms with Crippen molar-refractivity contribution in [2.45, 2.75) is 18.7 Å². The van der Waals surface area contributed by atoms with Crippen LogP contribution in [0.1, 0.15) is 23.7 Å². The normalized spacial score (nSPS) is 22.2. The second-order valence-electron chi connectivity index (χ2n) is 5.07. The predicted octanol–water partition coefficient (Wildman–Crippen LogP) is 2.96. The number of carbonyl (C=O) groups is 1. The van der Waals surface area contributed by atoms with Gasteiger partial charge in [0.05, 0.1) is 11.0 Å². The van der Waals surface area contributed by atoms with Crippen LogP contribution in [0.5, 0.6) is 0 Å². The van der Waals surface area contributed by atoms with E-state index in [-0.39, 0.29) is 11.3 Å². The fourth-order valence-corrected chi connectivity index (χ4v) is 2.51. The van der Waals surface area contributed by atoms with E-state index in [1.807, 2.05) is 6.92 Å². The van der Waals surface area contributed by atoms with Crippen molar-refractivity contribution in [1.29, 1.82) is 0 Å². The molecule has 1 saturated heterocycles. The SMILES string of the molecule is CC1CN(C(=O)c2cc(F)c(F)cc2[N+](=O)[O-])CCC1Cl. The smallest absolute Gasteiger partial charge is 0.285 e. The van der Waals surface area contributed by atoms with Crippen LogP contribution in [0.15, 0.2) is 12.1 Å². The van der Waals surface area contributed by atoms with Crippen LogP contribution in [0.2, 0.25) is 0 Å². The number of likely N-dealkylation sites (tertiary alicyclic amines) is 1. The van der Waals surface area contributed by atoms with Crippen molar-refractivity contribution in [2.24, 2.45) is 5.92 Å². The quantitative estimate of drug-likeness (QED) is 0.478. The monoisotopic (exact) mass is 318 g/mol. The van der Waals surface area contributed by atoms with Gasteiger partial charge in [0, 0.05) is 18.5 Å². The Bertz CT molecular complexity index is 597. The predicted molar refractivity (Wildman–Crippen MR) is 72.3 cm³/mol. The number of nitro groups is 1. The minimum atomic E-state index is -1.36. The van der Waals surface area contributed by atoms with Gasteiger partial charge < -0.3 is 4.90 Å². The molecule has 1 aliphatic heterocycles. The van der Waals surface area contributed by atoms with E-state index < -0.39 is 33.7 Å². The lowest BCUT2D eigenvalue weighted by atomic mass is 9.98. The minimum absolute atomic E-state index is 0.0220.